The number of aromatic nitrogens is 1. The summed E-state index contributed by atoms with van der Waals surface area (Å²) < 4.78 is 13.1. The summed E-state index contributed by atoms with van der Waals surface area (Å²) in [5.41, 5.74) is 8.89. The van der Waals surface area contributed by atoms with Crippen LogP contribution in [-0.2, 0) is 0 Å². The molecule has 0 aliphatic heterocycles. The average molecular weight is 202 g/mol. The van der Waals surface area contributed by atoms with E-state index in [0.717, 1.165) is 11.1 Å². The largest absolute Gasteiger partial charge is 0.398 e. The smallest absolute Gasteiger partial charge is 0.123 e. The summed E-state index contributed by atoms with van der Waals surface area (Å²) in [5.74, 6) is -0.291. The molecule has 2 N–H and O–H groups in total. The van der Waals surface area contributed by atoms with E-state index in [9.17, 15) is 4.39 Å². The van der Waals surface area contributed by atoms with Gasteiger partial charge in [-0.15, -0.1) is 0 Å². The number of nitrogens with two attached hydrogens (primary N) is 1. The molecule has 0 atom stereocenters. The first-order valence-corrected chi connectivity index (χ1v) is 4.64. The number of aryl methyl sites for hydroxylation is 1. The zero-order valence-corrected chi connectivity index (χ0v) is 8.37. The Hall–Kier alpha value is -1.90. The van der Waals surface area contributed by atoms with E-state index in [1.807, 2.05) is 13.0 Å². The van der Waals surface area contributed by atoms with Gasteiger partial charge in [0.1, 0.15) is 5.82 Å². The number of hydrogen-bond donors (Lipinski definition) is 1. The minimum absolute atomic E-state index is 0.291. The van der Waals surface area contributed by atoms with Crippen LogP contribution in [0.1, 0.15) is 5.56 Å². The van der Waals surface area contributed by atoms with Crippen LogP contribution in [0, 0.1) is 12.7 Å². The molecule has 0 fully saturated rings. The first kappa shape index (κ1) is 9.65. The summed E-state index contributed by atoms with van der Waals surface area (Å²) in [7, 11) is 0. The van der Waals surface area contributed by atoms with E-state index in [2.05, 4.69) is 4.98 Å². The van der Waals surface area contributed by atoms with E-state index in [-0.39, 0.29) is 5.82 Å². The fraction of sp³-hybridized carbons (Fsp3) is 0.0833. The van der Waals surface area contributed by atoms with Crippen molar-refractivity contribution >= 4 is 5.69 Å². The van der Waals surface area contributed by atoms with Gasteiger partial charge in [0.2, 0.25) is 0 Å². The minimum Gasteiger partial charge on any atom is -0.398 e. The van der Waals surface area contributed by atoms with E-state index in [1.54, 1.807) is 18.5 Å². The van der Waals surface area contributed by atoms with Crippen LogP contribution in [0.25, 0.3) is 11.1 Å². The van der Waals surface area contributed by atoms with Gasteiger partial charge in [-0.2, -0.15) is 0 Å². The lowest BCUT2D eigenvalue weighted by Gasteiger charge is -2.06. The Bertz CT molecular complexity index is 495. The normalized spacial score (nSPS) is 10.3. The number of nitrogens with zero attached hydrogens (tertiary/aromatic N) is 1. The van der Waals surface area contributed by atoms with E-state index in [4.69, 9.17) is 5.73 Å². The molecule has 3 heteroatoms. The molecule has 0 amide bonds. The molecule has 0 aliphatic rings. The molecule has 76 valence electrons. The second-order valence-electron chi connectivity index (χ2n) is 3.48. The van der Waals surface area contributed by atoms with Crippen molar-refractivity contribution in [3.05, 3.63) is 48.0 Å². The summed E-state index contributed by atoms with van der Waals surface area (Å²) in [6, 6.07) is 6.26. The number of benzene rings is 1. The predicted octanol–water partition coefficient (Wildman–Crippen LogP) is 2.78. The van der Waals surface area contributed by atoms with E-state index in [1.165, 1.54) is 12.1 Å². The lowest BCUT2D eigenvalue weighted by Crippen LogP contribution is -1.92. The molecule has 15 heavy (non-hydrogen) atoms. The van der Waals surface area contributed by atoms with Crippen molar-refractivity contribution in [2.45, 2.75) is 6.92 Å². The van der Waals surface area contributed by atoms with Crippen LogP contribution < -0.4 is 5.73 Å². The Morgan fingerprint density at radius 2 is 2.00 bits per heavy atom. The second-order valence-corrected chi connectivity index (χ2v) is 3.48. The van der Waals surface area contributed by atoms with Gasteiger partial charge in [-0.3, -0.25) is 4.98 Å². The molecule has 0 unspecified atom stereocenters. The maximum absolute atomic E-state index is 13.1. The van der Waals surface area contributed by atoms with Crippen molar-refractivity contribution in [1.82, 2.24) is 4.98 Å². The number of hydrogen-bond acceptors (Lipinski definition) is 2. The molecule has 1 heterocycles. The van der Waals surface area contributed by atoms with Crippen LogP contribution in [0.2, 0.25) is 0 Å². The Kier molecular flexibility index (Phi) is 2.37. The molecular weight excluding hydrogens is 191 g/mol. The lowest BCUT2D eigenvalue weighted by atomic mass is 10.0. The van der Waals surface area contributed by atoms with Crippen LogP contribution in [0.3, 0.4) is 0 Å². The third-order valence-electron chi connectivity index (χ3n) is 2.20. The molecule has 0 aliphatic carbocycles. The predicted molar refractivity (Wildman–Crippen MR) is 58.8 cm³/mol. The van der Waals surface area contributed by atoms with Gasteiger partial charge in [-0.25, -0.2) is 4.39 Å². The molecule has 2 rings (SSSR count). The van der Waals surface area contributed by atoms with Crippen molar-refractivity contribution < 1.29 is 4.39 Å². The lowest BCUT2D eigenvalue weighted by molar-refractivity contribution is 0.628. The maximum atomic E-state index is 13.1. The zero-order valence-electron chi connectivity index (χ0n) is 8.37. The molecular formula is C12H11FN2. The highest BCUT2D eigenvalue weighted by Gasteiger charge is 2.04. The third kappa shape index (κ3) is 1.96. The molecule has 2 nitrogen and oxygen atoms in total. The highest BCUT2D eigenvalue weighted by Crippen LogP contribution is 2.26. The Labute approximate surface area is 87.6 Å². The van der Waals surface area contributed by atoms with Gasteiger partial charge in [-0.05, 0) is 36.8 Å². The summed E-state index contributed by atoms with van der Waals surface area (Å²) in [5, 5.41) is 0. The molecule has 0 bridgehead atoms. The molecule has 0 saturated heterocycles. The molecule has 0 saturated carbocycles. The van der Waals surface area contributed by atoms with Crippen molar-refractivity contribution in [3.63, 3.8) is 0 Å². The first-order valence-electron chi connectivity index (χ1n) is 4.64. The minimum atomic E-state index is -0.291. The van der Waals surface area contributed by atoms with Crippen molar-refractivity contribution in [2.24, 2.45) is 0 Å². The quantitative estimate of drug-likeness (QED) is 0.722. The van der Waals surface area contributed by atoms with Crippen molar-refractivity contribution in [2.75, 3.05) is 5.73 Å². The topological polar surface area (TPSA) is 38.9 Å². The summed E-state index contributed by atoms with van der Waals surface area (Å²) in [4.78, 5) is 4.05. The highest BCUT2D eigenvalue weighted by molar-refractivity contribution is 5.75. The van der Waals surface area contributed by atoms with Crippen molar-refractivity contribution in [1.29, 1.82) is 0 Å². The van der Waals surface area contributed by atoms with Crippen LogP contribution >= 0.6 is 0 Å². The van der Waals surface area contributed by atoms with Gasteiger partial charge in [0.15, 0.2) is 0 Å². The van der Waals surface area contributed by atoms with Crippen LogP contribution in [0.4, 0.5) is 10.1 Å². The number of anilines is 1. The van der Waals surface area contributed by atoms with Crippen LogP contribution in [0.5, 0.6) is 0 Å². The van der Waals surface area contributed by atoms with Gasteiger partial charge in [0.25, 0.3) is 0 Å². The van der Waals surface area contributed by atoms with Gasteiger partial charge in [0, 0.05) is 29.2 Å². The van der Waals surface area contributed by atoms with E-state index >= 15 is 0 Å². The number of rotatable bonds is 1. The first-order chi connectivity index (χ1) is 7.16. The third-order valence-corrected chi connectivity index (χ3v) is 2.20. The summed E-state index contributed by atoms with van der Waals surface area (Å²) in [6.45, 7) is 1.94. The van der Waals surface area contributed by atoms with Crippen molar-refractivity contribution in [3.8, 4) is 11.1 Å². The molecule has 0 radical (unpaired) electrons. The number of pyridine rings is 1. The summed E-state index contributed by atoms with van der Waals surface area (Å²) in [6.07, 6.45) is 3.43. The Balaban J connectivity index is 2.58. The Morgan fingerprint density at radius 1 is 1.20 bits per heavy atom. The fourth-order valence-electron chi connectivity index (χ4n) is 1.48. The molecule has 1 aromatic carbocycles. The van der Waals surface area contributed by atoms with Gasteiger partial charge in [-0.1, -0.05) is 0 Å². The molecule has 1 aromatic heterocycles. The standard InChI is InChI=1S/C12H11FN2/c1-8-4-9(7-15-6-8)11-5-10(13)2-3-12(11)14/h2-7H,14H2,1H3. The second kappa shape index (κ2) is 3.69. The van der Waals surface area contributed by atoms with Crippen LogP contribution in [0.15, 0.2) is 36.7 Å². The monoisotopic (exact) mass is 202 g/mol. The van der Waals surface area contributed by atoms with E-state index in [0.29, 0.717) is 11.3 Å². The number of nitrogen functional groups attached to an aromatic ring is 1. The highest BCUT2D eigenvalue weighted by atomic mass is 19.1. The number of halogens is 1. The Morgan fingerprint density at radius 3 is 2.73 bits per heavy atom. The van der Waals surface area contributed by atoms with E-state index < -0.39 is 0 Å². The zero-order chi connectivity index (χ0) is 10.8. The maximum Gasteiger partial charge on any atom is 0.123 e. The average Bonchev–Trinajstić information content (AvgIpc) is 2.22. The van der Waals surface area contributed by atoms with Crippen LogP contribution in [-0.4, -0.2) is 4.98 Å². The molecule has 0 spiro atoms. The molecule has 2 aromatic rings. The van der Waals surface area contributed by atoms with Gasteiger partial charge < -0.3 is 5.73 Å². The van der Waals surface area contributed by atoms with Gasteiger partial charge in [0.05, 0.1) is 0 Å². The van der Waals surface area contributed by atoms with Gasteiger partial charge >= 0.3 is 0 Å². The fourth-order valence-corrected chi connectivity index (χ4v) is 1.48. The SMILES string of the molecule is Cc1cncc(-c2cc(F)ccc2N)c1. The summed E-state index contributed by atoms with van der Waals surface area (Å²) >= 11 is 0.